The molecule has 1 heterocycles. The largest absolute Gasteiger partial charge is 0.419 e. The smallest absolute Gasteiger partial charge is 0.368 e. The molecule has 0 atom stereocenters. The van der Waals surface area contributed by atoms with E-state index >= 15 is 0 Å². The Bertz CT molecular complexity index is 492. The maximum Gasteiger partial charge on any atom is 0.419 e. The number of anilines is 1. The topological polar surface area (TPSA) is 61.3 Å². The van der Waals surface area contributed by atoms with Gasteiger partial charge in [-0.2, -0.15) is 13.2 Å². The van der Waals surface area contributed by atoms with E-state index in [1.165, 1.54) is 12.3 Å². The Morgan fingerprint density at radius 1 is 1.35 bits per heavy atom. The van der Waals surface area contributed by atoms with Crippen LogP contribution in [-0.4, -0.2) is 36.6 Å². The van der Waals surface area contributed by atoms with Crippen molar-refractivity contribution in [3.05, 3.63) is 23.9 Å². The Hall–Kier alpha value is -1.26. The second-order valence-electron chi connectivity index (χ2n) is 4.88. The van der Waals surface area contributed by atoms with Crippen molar-refractivity contribution in [2.45, 2.75) is 33.0 Å². The lowest BCUT2D eigenvalue weighted by Crippen LogP contribution is -2.41. The number of rotatable bonds is 6. The number of alkyl halides is 3. The highest BCUT2D eigenvalue weighted by atomic mass is 127. The summed E-state index contributed by atoms with van der Waals surface area (Å²) in [6, 6.07) is 2.49. The van der Waals surface area contributed by atoms with Gasteiger partial charge in [-0.25, -0.2) is 4.98 Å². The van der Waals surface area contributed by atoms with Crippen LogP contribution in [0, 0.1) is 0 Å². The minimum Gasteiger partial charge on any atom is -0.368 e. The molecule has 0 saturated heterocycles. The lowest BCUT2D eigenvalue weighted by Gasteiger charge is -2.15. The van der Waals surface area contributed by atoms with Crippen LogP contribution >= 0.6 is 24.0 Å². The highest BCUT2D eigenvalue weighted by molar-refractivity contribution is 14.0. The first-order valence-electron chi connectivity index (χ1n) is 7.15. The third-order valence-corrected chi connectivity index (χ3v) is 2.56. The lowest BCUT2D eigenvalue weighted by atomic mass is 10.2. The van der Waals surface area contributed by atoms with Crippen LogP contribution in [0.3, 0.4) is 0 Å². The molecule has 9 heteroatoms. The fraction of sp³-hybridized carbons (Fsp3) is 0.571. The fourth-order valence-electron chi connectivity index (χ4n) is 1.71. The summed E-state index contributed by atoms with van der Waals surface area (Å²) >= 11 is 0. The van der Waals surface area contributed by atoms with Crippen LogP contribution in [0.1, 0.15) is 26.3 Å². The number of halogens is 4. The Kier molecular flexibility index (Phi) is 9.93. The van der Waals surface area contributed by atoms with Gasteiger partial charge in [0.2, 0.25) is 0 Å². The van der Waals surface area contributed by atoms with Crippen LogP contribution in [0.4, 0.5) is 19.0 Å². The zero-order chi connectivity index (χ0) is 16.6. The van der Waals surface area contributed by atoms with Crippen molar-refractivity contribution in [2.24, 2.45) is 4.99 Å². The van der Waals surface area contributed by atoms with E-state index in [1.54, 1.807) is 0 Å². The number of aliphatic imine (C=N–C) groups is 1. The summed E-state index contributed by atoms with van der Waals surface area (Å²) in [4.78, 5) is 8.02. The van der Waals surface area contributed by atoms with E-state index < -0.39 is 11.7 Å². The molecule has 0 spiro atoms. The van der Waals surface area contributed by atoms with E-state index in [4.69, 9.17) is 0 Å². The summed E-state index contributed by atoms with van der Waals surface area (Å²) in [7, 11) is 0. The Morgan fingerprint density at radius 3 is 2.61 bits per heavy atom. The normalized spacial score (nSPS) is 11.9. The molecule has 0 aliphatic rings. The molecule has 0 unspecified atom stereocenters. The van der Waals surface area contributed by atoms with Crippen molar-refractivity contribution >= 4 is 35.8 Å². The highest BCUT2D eigenvalue weighted by Crippen LogP contribution is 2.33. The summed E-state index contributed by atoms with van der Waals surface area (Å²) in [5.41, 5.74) is -0.772. The molecule has 0 aliphatic heterocycles. The number of hydrogen-bond acceptors (Lipinski definition) is 3. The molecule has 23 heavy (non-hydrogen) atoms. The van der Waals surface area contributed by atoms with E-state index in [0.29, 0.717) is 19.0 Å². The predicted molar refractivity (Wildman–Crippen MR) is 97.4 cm³/mol. The molecule has 1 aromatic rings. The third kappa shape index (κ3) is 8.24. The van der Waals surface area contributed by atoms with Gasteiger partial charge in [0.05, 0.1) is 12.1 Å². The van der Waals surface area contributed by atoms with Crippen LogP contribution < -0.4 is 16.0 Å². The molecule has 1 rings (SSSR count). The first kappa shape index (κ1) is 21.7. The second-order valence-corrected chi connectivity index (χ2v) is 4.88. The number of guanidine groups is 1. The molecule has 5 nitrogen and oxygen atoms in total. The molecule has 0 aromatic carbocycles. The minimum atomic E-state index is -4.42. The van der Waals surface area contributed by atoms with Gasteiger partial charge >= 0.3 is 6.18 Å². The number of hydrogen-bond donors (Lipinski definition) is 3. The monoisotopic (exact) mass is 445 g/mol. The van der Waals surface area contributed by atoms with E-state index in [2.05, 4.69) is 25.9 Å². The van der Waals surface area contributed by atoms with Crippen LogP contribution in [0.2, 0.25) is 0 Å². The molecule has 0 amide bonds. The molecule has 0 aliphatic carbocycles. The molecule has 1 aromatic heterocycles. The van der Waals surface area contributed by atoms with Gasteiger partial charge in [-0.1, -0.05) is 0 Å². The lowest BCUT2D eigenvalue weighted by molar-refractivity contribution is -0.137. The number of nitrogens with zero attached hydrogens (tertiary/aromatic N) is 2. The van der Waals surface area contributed by atoms with E-state index in [9.17, 15) is 13.2 Å². The first-order valence-corrected chi connectivity index (χ1v) is 7.15. The third-order valence-electron chi connectivity index (χ3n) is 2.56. The quantitative estimate of drug-likeness (QED) is 0.273. The number of aromatic nitrogens is 1. The zero-order valence-electron chi connectivity index (χ0n) is 13.4. The van der Waals surface area contributed by atoms with Gasteiger partial charge in [-0.15, -0.1) is 24.0 Å². The van der Waals surface area contributed by atoms with Crippen molar-refractivity contribution < 1.29 is 13.2 Å². The molecule has 0 saturated carbocycles. The highest BCUT2D eigenvalue weighted by Gasteiger charge is 2.33. The van der Waals surface area contributed by atoms with Gasteiger partial charge in [0.15, 0.2) is 5.96 Å². The maximum atomic E-state index is 12.8. The SMILES string of the molecule is CCNC(=NCCNc1ncccc1C(F)(F)F)NC(C)C.I. The average molecular weight is 445 g/mol. The average Bonchev–Trinajstić information content (AvgIpc) is 2.42. The Labute approximate surface area is 151 Å². The summed E-state index contributed by atoms with van der Waals surface area (Å²) in [6.07, 6.45) is -3.10. The van der Waals surface area contributed by atoms with Gasteiger partial charge < -0.3 is 16.0 Å². The van der Waals surface area contributed by atoms with Crippen molar-refractivity contribution in [3.8, 4) is 0 Å². The number of nitrogens with one attached hydrogen (secondary N) is 3. The Balaban J connectivity index is 0.00000484. The van der Waals surface area contributed by atoms with Crippen molar-refractivity contribution in [3.63, 3.8) is 0 Å². The summed E-state index contributed by atoms with van der Waals surface area (Å²) < 4.78 is 38.4. The first-order chi connectivity index (χ1) is 10.3. The molecule has 0 bridgehead atoms. The second kappa shape index (κ2) is 10.5. The summed E-state index contributed by atoms with van der Waals surface area (Å²) in [6.45, 7) is 7.21. The zero-order valence-corrected chi connectivity index (χ0v) is 15.7. The van der Waals surface area contributed by atoms with Crippen LogP contribution in [0.5, 0.6) is 0 Å². The molecule has 0 radical (unpaired) electrons. The molecule has 132 valence electrons. The van der Waals surface area contributed by atoms with Gasteiger partial charge in [-0.3, -0.25) is 4.99 Å². The van der Waals surface area contributed by atoms with Crippen molar-refractivity contribution in [1.82, 2.24) is 15.6 Å². The van der Waals surface area contributed by atoms with Crippen LogP contribution in [-0.2, 0) is 6.18 Å². The summed E-state index contributed by atoms with van der Waals surface area (Å²) in [5, 5.41) is 8.87. The van der Waals surface area contributed by atoms with E-state index in [1.807, 2.05) is 20.8 Å². The van der Waals surface area contributed by atoms with Gasteiger partial charge in [0, 0.05) is 25.3 Å². The number of pyridine rings is 1. The van der Waals surface area contributed by atoms with Gasteiger partial charge in [0.25, 0.3) is 0 Å². The minimum absolute atomic E-state index is 0. The van der Waals surface area contributed by atoms with Gasteiger partial charge in [0.1, 0.15) is 5.82 Å². The van der Waals surface area contributed by atoms with Crippen LogP contribution in [0.25, 0.3) is 0 Å². The Morgan fingerprint density at radius 2 is 2.04 bits per heavy atom. The van der Waals surface area contributed by atoms with Crippen molar-refractivity contribution in [1.29, 1.82) is 0 Å². The fourth-order valence-corrected chi connectivity index (χ4v) is 1.71. The van der Waals surface area contributed by atoms with Crippen LogP contribution in [0.15, 0.2) is 23.3 Å². The maximum absolute atomic E-state index is 12.8. The molecular formula is C14H23F3IN5. The predicted octanol–water partition coefficient (Wildman–Crippen LogP) is 3.09. The molecule has 3 N–H and O–H groups in total. The van der Waals surface area contributed by atoms with Gasteiger partial charge in [-0.05, 0) is 32.9 Å². The van der Waals surface area contributed by atoms with Crippen molar-refractivity contribution in [2.75, 3.05) is 25.0 Å². The molecular weight excluding hydrogens is 422 g/mol. The van der Waals surface area contributed by atoms with E-state index in [0.717, 1.165) is 6.07 Å². The summed E-state index contributed by atoms with van der Waals surface area (Å²) in [5.74, 6) is 0.461. The molecule has 0 fully saturated rings. The standard InChI is InChI=1S/C14H22F3N5.HI/c1-4-18-13(22-10(2)3)21-9-8-20-12-11(14(15,16)17)6-5-7-19-12;/h5-7,10H,4,8-9H2,1-3H3,(H,19,20)(H2,18,21,22);1H. The van der Waals surface area contributed by atoms with E-state index in [-0.39, 0.29) is 42.4 Å².